The summed E-state index contributed by atoms with van der Waals surface area (Å²) in [6.45, 7) is 0. The first-order valence-electron chi connectivity index (χ1n) is 5.33. The molecule has 0 atom stereocenters. The normalized spacial score (nSPS) is 9.58. The molecule has 3 nitrogen and oxygen atoms in total. The molecule has 2 aromatic carbocycles. The summed E-state index contributed by atoms with van der Waals surface area (Å²) in [4.78, 5) is 1.86. The summed E-state index contributed by atoms with van der Waals surface area (Å²) in [5, 5.41) is 17.4. The maximum Gasteiger partial charge on any atom is 0.0991 e. The minimum Gasteiger partial charge on any atom is -0.237 e. The van der Waals surface area contributed by atoms with Crippen molar-refractivity contribution in [3.8, 4) is 12.1 Å². The average molecular weight is 284 g/mol. The third kappa shape index (κ3) is 4.04. The zero-order valence-corrected chi connectivity index (χ0v) is 11.4. The lowest BCUT2D eigenvalue weighted by Crippen LogP contribution is -1.77. The molecule has 0 bridgehead atoms. The molecule has 0 fully saturated rings. The number of hydrogen-bond donors (Lipinski definition) is 0. The molecule has 2 aromatic rings. The summed E-state index contributed by atoms with van der Waals surface area (Å²) in [7, 11) is 0. The Kier molecular flexibility index (Phi) is 4.88. The van der Waals surface area contributed by atoms with Crippen LogP contribution in [0.25, 0.3) is 0 Å². The first-order valence-corrected chi connectivity index (χ1v) is 6.81. The molecule has 0 aromatic heterocycles. The van der Waals surface area contributed by atoms with Crippen molar-refractivity contribution >= 4 is 24.1 Å². The highest BCUT2D eigenvalue weighted by Gasteiger charge is 1.99. The summed E-state index contributed by atoms with van der Waals surface area (Å²) < 4.78 is 5.42. The van der Waals surface area contributed by atoms with Crippen LogP contribution in [0.3, 0.4) is 0 Å². The van der Waals surface area contributed by atoms with E-state index in [2.05, 4.69) is 12.1 Å². The summed E-state index contributed by atoms with van der Waals surface area (Å²) in [6, 6.07) is 18.5. The highest BCUT2D eigenvalue weighted by molar-refractivity contribution is 8.07. The van der Waals surface area contributed by atoms with Gasteiger partial charge in [0.2, 0.25) is 0 Å². The minimum atomic E-state index is 0.629. The van der Waals surface area contributed by atoms with Crippen LogP contribution in [0.2, 0.25) is 0 Å². The predicted molar refractivity (Wildman–Crippen MR) is 75.1 cm³/mol. The van der Waals surface area contributed by atoms with Gasteiger partial charge in [-0.15, -0.1) is 0 Å². The molecule has 0 amide bonds. The van der Waals surface area contributed by atoms with Gasteiger partial charge in [-0.1, -0.05) is 0 Å². The molecule has 0 saturated heterocycles. The van der Waals surface area contributed by atoms with Crippen LogP contribution < -0.4 is 0 Å². The lowest BCUT2D eigenvalue weighted by Gasteiger charge is -2.01. The topological polar surface area (TPSA) is 56.8 Å². The Balaban J connectivity index is 1.85. The van der Waals surface area contributed by atoms with E-state index in [4.69, 9.17) is 14.2 Å². The molecule has 0 spiro atoms. The number of nitriles is 2. The lowest BCUT2D eigenvalue weighted by atomic mass is 10.2. The number of rotatable bonds is 4. The van der Waals surface area contributed by atoms with Gasteiger partial charge in [-0.05, 0) is 48.5 Å². The van der Waals surface area contributed by atoms with Gasteiger partial charge in [-0.3, -0.25) is 0 Å². The standard InChI is InChI=1S/C14H8N2OS2/c15-9-11-1-5-13(6-2-11)18-17-19-14-7-3-12(10-16)4-8-14/h1-8H. The van der Waals surface area contributed by atoms with Crippen molar-refractivity contribution in [1.82, 2.24) is 0 Å². The van der Waals surface area contributed by atoms with Crippen molar-refractivity contribution in [2.75, 3.05) is 0 Å². The van der Waals surface area contributed by atoms with Crippen LogP contribution in [0.5, 0.6) is 0 Å². The molecule has 92 valence electrons. The summed E-state index contributed by atoms with van der Waals surface area (Å²) in [5.74, 6) is 0. The van der Waals surface area contributed by atoms with Crippen molar-refractivity contribution in [2.24, 2.45) is 0 Å². The monoisotopic (exact) mass is 284 g/mol. The second-order valence-corrected chi connectivity index (χ2v) is 5.33. The van der Waals surface area contributed by atoms with Crippen molar-refractivity contribution in [1.29, 1.82) is 10.5 Å². The zero-order valence-electron chi connectivity index (χ0n) is 9.74. The van der Waals surface area contributed by atoms with E-state index >= 15 is 0 Å². The average Bonchev–Trinajstić information content (AvgIpc) is 2.49. The van der Waals surface area contributed by atoms with Gasteiger partial charge in [0.15, 0.2) is 0 Å². The molecule has 0 saturated carbocycles. The summed E-state index contributed by atoms with van der Waals surface area (Å²) in [6.07, 6.45) is 0. The third-order valence-electron chi connectivity index (χ3n) is 2.23. The molecule has 0 heterocycles. The van der Waals surface area contributed by atoms with Crippen molar-refractivity contribution in [3.05, 3.63) is 59.7 Å². The number of hydrogen-bond acceptors (Lipinski definition) is 5. The quantitative estimate of drug-likeness (QED) is 0.789. The van der Waals surface area contributed by atoms with Gasteiger partial charge in [-0.2, -0.15) is 10.5 Å². The summed E-state index contributed by atoms with van der Waals surface area (Å²) >= 11 is 2.47. The van der Waals surface area contributed by atoms with E-state index in [1.165, 1.54) is 24.1 Å². The molecule has 19 heavy (non-hydrogen) atoms. The van der Waals surface area contributed by atoms with Crippen molar-refractivity contribution in [2.45, 2.75) is 9.79 Å². The molecular formula is C14H8N2OS2. The van der Waals surface area contributed by atoms with Crippen LogP contribution in [0.1, 0.15) is 11.1 Å². The highest BCUT2D eigenvalue weighted by atomic mass is 32.2. The molecule has 0 unspecified atom stereocenters. The van der Waals surface area contributed by atoms with Gasteiger partial charge in [0.1, 0.15) is 0 Å². The Labute approximate surface area is 120 Å². The largest absolute Gasteiger partial charge is 0.237 e. The number of benzene rings is 2. The van der Waals surface area contributed by atoms with Crippen LogP contribution in [-0.2, 0) is 3.63 Å². The van der Waals surface area contributed by atoms with Gasteiger partial charge < -0.3 is 0 Å². The second kappa shape index (κ2) is 6.86. The predicted octanol–water partition coefficient (Wildman–Crippen LogP) is 4.16. The second-order valence-electron chi connectivity index (χ2n) is 3.51. The Bertz CT molecular complexity index is 567. The van der Waals surface area contributed by atoms with E-state index in [-0.39, 0.29) is 0 Å². The Morgan fingerprint density at radius 2 is 1.05 bits per heavy atom. The molecule has 0 aliphatic heterocycles. The van der Waals surface area contributed by atoms with E-state index in [9.17, 15) is 0 Å². The fraction of sp³-hybridized carbons (Fsp3) is 0. The van der Waals surface area contributed by atoms with Crippen molar-refractivity contribution < 1.29 is 3.63 Å². The molecule has 0 aliphatic carbocycles. The van der Waals surface area contributed by atoms with Crippen LogP contribution in [-0.4, -0.2) is 0 Å². The molecule has 0 N–H and O–H groups in total. The first-order chi connectivity index (χ1) is 9.31. The first kappa shape index (κ1) is 13.5. The van der Waals surface area contributed by atoms with Gasteiger partial charge >= 0.3 is 0 Å². The molecular weight excluding hydrogens is 276 g/mol. The Morgan fingerprint density at radius 1 is 0.684 bits per heavy atom. The molecule has 0 radical (unpaired) electrons. The van der Waals surface area contributed by atoms with Crippen LogP contribution >= 0.6 is 24.1 Å². The van der Waals surface area contributed by atoms with Crippen molar-refractivity contribution in [3.63, 3.8) is 0 Å². The smallest absolute Gasteiger partial charge is 0.0991 e. The van der Waals surface area contributed by atoms with Crippen LogP contribution in [0.4, 0.5) is 0 Å². The molecule has 2 rings (SSSR count). The Hall–Kier alpha value is -1.92. The van der Waals surface area contributed by atoms with Crippen LogP contribution in [0, 0.1) is 22.7 Å². The third-order valence-corrected chi connectivity index (χ3v) is 3.70. The maximum absolute atomic E-state index is 8.68. The highest BCUT2D eigenvalue weighted by Crippen LogP contribution is 2.29. The van der Waals surface area contributed by atoms with E-state index in [0.717, 1.165) is 9.79 Å². The fourth-order valence-electron chi connectivity index (χ4n) is 1.27. The minimum absolute atomic E-state index is 0.629. The van der Waals surface area contributed by atoms with Gasteiger partial charge in [0, 0.05) is 33.9 Å². The van der Waals surface area contributed by atoms with Gasteiger partial charge in [-0.25, -0.2) is 3.63 Å². The Morgan fingerprint density at radius 3 is 1.37 bits per heavy atom. The summed E-state index contributed by atoms with van der Waals surface area (Å²) in [5.41, 5.74) is 1.26. The van der Waals surface area contributed by atoms with Gasteiger partial charge in [0.05, 0.1) is 23.3 Å². The van der Waals surface area contributed by atoms with Gasteiger partial charge in [0.25, 0.3) is 0 Å². The SMILES string of the molecule is N#Cc1ccc(SOSc2ccc(C#N)cc2)cc1. The molecule has 5 heteroatoms. The van der Waals surface area contributed by atoms with E-state index in [1.54, 1.807) is 24.3 Å². The fourth-order valence-corrected chi connectivity index (χ4v) is 2.52. The van der Waals surface area contributed by atoms with E-state index < -0.39 is 0 Å². The number of nitrogens with zero attached hydrogens (tertiary/aromatic N) is 2. The zero-order chi connectivity index (χ0) is 13.5. The van der Waals surface area contributed by atoms with E-state index in [1.807, 2.05) is 24.3 Å². The van der Waals surface area contributed by atoms with E-state index in [0.29, 0.717) is 11.1 Å². The maximum atomic E-state index is 8.68. The lowest BCUT2D eigenvalue weighted by molar-refractivity contribution is 0.756. The molecule has 0 aliphatic rings. The van der Waals surface area contributed by atoms with Crippen LogP contribution in [0.15, 0.2) is 58.3 Å².